The van der Waals surface area contributed by atoms with Crippen molar-refractivity contribution in [3.63, 3.8) is 0 Å². The maximum Gasteiger partial charge on any atom is 0.307 e. The van der Waals surface area contributed by atoms with Crippen LogP contribution in [0.3, 0.4) is 0 Å². The molecule has 5 heteroatoms. The molecule has 0 saturated carbocycles. The summed E-state index contributed by atoms with van der Waals surface area (Å²) in [5.41, 5.74) is 0.989. The quantitative estimate of drug-likeness (QED) is 0.650. The van der Waals surface area contributed by atoms with Gasteiger partial charge in [0.15, 0.2) is 0 Å². The molecular weight excluding hydrogens is 280 g/mol. The molecule has 5 nitrogen and oxygen atoms in total. The van der Waals surface area contributed by atoms with Gasteiger partial charge < -0.3 is 14.5 Å². The van der Waals surface area contributed by atoms with Gasteiger partial charge in [0, 0.05) is 13.1 Å². The molecule has 0 radical (unpaired) electrons. The van der Waals surface area contributed by atoms with E-state index in [1.807, 2.05) is 44.4 Å². The smallest absolute Gasteiger partial charge is 0.307 e. The van der Waals surface area contributed by atoms with E-state index in [9.17, 15) is 9.59 Å². The fraction of sp³-hybridized carbons (Fsp3) is 0.529. The molecule has 0 spiro atoms. The zero-order chi connectivity index (χ0) is 16.4. The summed E-state index contributed by atoms with van der Waals surface area (Å²) in [6, 6.07) is 9.66. The van der Waals surface area contributed by atoms with Gasteiger partial charge in [0.1, 0.15) is 0 Å². The van der Waals surface area contributed by atoms with E-state index in [0.717, 1.165) is 18.5 Å². The first-order valence-corrected chi connectivity index (χ1v) is 7.56. The molecule has 1 rings (SSSR count). The number of methoxy groups -OCH3 is 1. The van der Waals surface area contributed by atoms with Crippen LogP contribution in [0.2, 0.25) is 0 Å². The lowest BCUT2D eigenvalue weighted by molar-refractivity contribution is -0.141. The van der Waals surface area contributed by atoms with Crippen LogP contribution in [-0.2, 0) is 20.7 Å². The Morgan fingerprint density at radius 3 is 2.32 bits per heavy atom. The van der Waals surface area contributed by atoms with Crippen molar-refractivity contribution in [2.45, 2.75) is 19.3 Å². The predicted octanol–water partition coefficient (Wildman–Crippen LogP) is 1.57. The minimum absolute atomic E-state index is 0.0499. The third-order valence-electron chi connectivity index (χ3n) is 3.40. The Morgan fingerprint density at radius 1 is 1.05 bits per heavy atom. The van der Waals surface area contributed by atoms with Gasteiger partial charge in [-0.2, -0.15) is 0 Å². The molecule has 0 heterocycles. The van der Waals surface area contributed by atoms with E-state index in [4.69, 9.17) is 0 Å². The van der Waals surface area contributed by atoms with Gasteiger partial charge in [-0.05, 0) is 32.6 Å². The van der Waals surface area contributed by atoms with Gasteiger partial charge in [0.2, 0.25) is 5.91 Å². The molecule has 0 aliphatic rings. The third kappa shape index (κ3) is 7.22. The average Bonchev–Trinajstić information content (AvgIpc) is 2.50. The van der Waals surface area contributed by atoms with Crippen LogP contribution in [-0.4, -0.2) is 62.5 Å². The van der Waals surface area contributed by atoms with Crippen LogP contribution in [0.1, 0.15) is 18.4 Å². The highest BCUT2D eigenvalue weighted by Crippen LogP contribution is 2.05. The summed E-state index contributed by atoms with van der Waals surface area (Å²) in [7, 11) is 5.37. The third-order valence-corrected chi connectivity index (χ3v) is 3.40. The first-order chi connectivity index (χ1) is 10.5. The average molecular weight is 306 g/mol. The monoisotopic (exact) mass is 306 g/mol. The van der Waals surface area contributed by atoms with E-state index in [1.165, 1.54) is 7.11 Å². The van der Waals surface area contributed by atoms with Crippen molar-refractivity contribution in [3.8, 4) is 0 Å². The molecule has 0 unspecified atom stereocenters. The number of benzene rings is 1. The first kappa shape index (κ1) is 18.2. The number of rotatable bonds is 9. The highest BCUT2D eigenvalue weighted by molar-refractivity contribution is 5.79. The summed E-state index contributed by atoms with van der Waals surface area (Å²) < 4.78 is 4.66. The molecular formula is C17H26N2O3. The van der Waals surface area contributed by atoms with Gasteiger partial charge in [-0.1, -0.05) is 30.3 Å². The Hall–Kier alpha value is -1.88. The van der Waals surface area contributed by atoms with Crippen molar-refractivity contribution in [1.29, 1.82) is 0 Å². The summed E-state index contributed by atoms with van der Waals surface area (Å²) >= 11 is 0. The molecule has 0 aromatic heterocycles. The van der Waals surface area contributed by atoms with Gasteiger partial charge in [-0.15, -0.1) is 0 Å². The molecule has 0 bridgehead atoms. The van der Waals surface area contributed by atoms with Crippen LogP contribution in [0.25, 0.3) is 0 Å². The van der Waals surface area contributed by atoms with E-state index < -0.39 is 0 Å². The van der Waals surface area contributed by atoms with Crippen molar-refractivity contribution in [3.05, 3.63) is 35.9 Å². The van der Waals surface area contributed by atoms with Crippen LogP contribution in [0, 0.1) is 0 Å². The molecule has 1 amide bonds. The Morgan fingerprint density at radius 2 is 1.73 bits per heavy atom. The Balaban J connectivity index is 2.57. The fourth-order valence-corrected chi connectivity index (χ4v) is 2.15. The van der Waals surface area contributed by atoms with Crippen molar-refractivity contribution in [2.24, 2.45) is 0 Å². The van der Waals surface area contributed by atoms with Crippen molar-refractivity contribution in [2.75, 3.05) is 40.8 Å². The predicted molar refractivity (Wildman–Crippen MR) is 86.5 cm³/mol. The van der Waals surface area contributed by atoms with Crippen molar-refractivity contribution in [1.82, 2.24) is 9.80 Å². The minimum Gasteiger partial charge on any atom is -0.469 e. The molecule has 0 atom stereocenters. The van der Waals surface area contributed by atoms with E-state index in [0.29, 0.717) is 19.5 Å². The Kier molecular flexibility index (Phi) is 8.22. The summed E-state index contributed by atoms with van der Waals surface area (Å²) in [4.78, 5) is 27.6. The second-order valence-electron chi connectivity index (χ2n) is 5.53. The Labute approximate surface area is 132 Å². The topological polar surface area (TPSA) is 49.9 Å². The largest absolute Gasteiger partial charge is 0.469 e. The van der Waals surface area contributed by atoms with Gasteiger partial charge in [0.05, 0.1) is 20.0 Å². The molecule has 0 aliphatic heterocycles. The molecule has 0 fully saturated rings. The van der Waals surface area contributed by atoms with Crippen LogP contribution in [0.15, 0.2) is 30.3 Å². The molecule has 0 saturated heterocycles. The van der Waals surface area contributed by atoms with Gasteiger partial charge >= 0.3 is 5.97 Å². The highest BCUT2D eigenvalue weighted by atomic mass is 16.5. The molecule has 1 aromatic carbocycles. The van der Waals surface area contributed by atoms with Gasteiger partial charge in [-0.3, -0.25) is 9.59 Å². The summed E-state index contributed by atoms with van der Waals surface area (Å²) in [5, 5.41) is 0. The van der Waals surface area contributed by atoms with Crippen LogP contribution >= 0.6 is 0 Å². The maximum atomic E-state index is 12.4. The number of amides is 1. The first-order valence-electron chi connectivity index (χ1n) is 7.56. The van der Waals surface area contributed by atoms with Gasteiger partial charge in [0.25, 0.3) is 0 Å². The number of ether oxygens (including phenoxy) is 1. The minimum atomic E-state index is -0.287. The zero-order valence-electron chi connectivity index (χ0n) is 13.7. The zero-order valence-corrected chi connectivity index (χ0v) is 13.7. The number of esters is 1. The molecule has 0 aliphatic carbocycles. The number of hydrogen-bond acceptors (Lipinski definition) is 4. The van der Waals surface area contributed by atoms with Crippen LogP contribution in [0.5, 0.6) is 0 Å². The van der Waals surface area contributed by atoms with E-state index in [2.05, 4.69) is 9.64 Å². The number of nitrogens with zero attached hydrogens (tertiary/aromatic N) is 2. The Bertz CT molecular complexity index is 460. The fourth-order valence-electron chi connectivity index (χ4n) is 2.15. The summed E-state index contributed by atoms with van der Waals surface area (Å²) in [6.07, 6.45) is 1.48. The summed E-state index contributed by atoms with van der Waals surface area (Å²) in [6.45, 7) is 1.97. The number of carbonyl (C=O) groups is 2. The van der Waals surface area contributed by atoms with Crippen LogP contribution in [0.4, 0.5) is 0 Å². The summed E-state index contributed by atoms with van der Waals surface area (Å²) in [5.74, 6) is -0.237. The molecule has 0 N–H and O–H groups in total. The second kappa shape index (κ2) is 9.95. The van der Waals surface area contributed by atoms with Crippen molar-refractivity contribution < 1.29 is 14.3 Å². The molecule has 1 aromatic rings. The molecule has 122 valence electrons. The van der Waals surface area contributed by atoms with Crippen molar-refractivity contribution >= 4 is 11.9 Å². The van der Waals surface area contributed by atoms with Crippen LogP contribution < -0.4 is 0 Å². The standard InChI is InChI=1S/C17H26N2O3/c1-18(2)11-7-12-19(13-10-17(21)22-3)16(20)14-15-8-5-4-6-9-15/h4-6,8-9H,7,10-14H2,1-3H3. The second-order valence-corrected chi connectivity index (χ2v) is 5.53. The number of hydrogen-bond donors (Lipinski definition) is 0. The van der Waals surface area contributed by atoms with E-state index >= 15 is 0 Å². The number of carbonyl (C=O) groups excluding carboxylic acids is 2. The van der Waals surface area contributed by atoms with Gasteiger partial charge in [-0.25, -0.2) is 0 Å². The molecule has 22 heavy (non-hydrogen) atoms. The maximum absolute atomic E-state index is 12.4. The lowest BCUT2D eigenvalue weighted by Crippen LogP contribution is -2.36. The SMILES string of the molecule is COC(=O)CCN(CCCN(C)C)C(=O)Cc1ccccc1. The lowest BCUT2D eigenvalue weighted by Gasteiger charge is -2.23. The van der Waals surface area contributed by atoms with E-state index in [1.54, 1.807) is 4.90 Å². The normalized spacial score (nSPS) is 10.5. The lowest BCUT2D eigenvalue weighted by atomic mass is 10.1. The van der Waals surface area contributed by atoms with E-state index in [-0.39, 0.29) is 18.3 Å². The highest BCUT2D eigenvalue weighted by Gasteiger charge is 2.15.